The Bertz CT molecular complexity index is 537. The van der Waals surface area contributed by atoms with E-state index in [0.29, 0.717) is 42.8 Å². The van der Waals surface area contributed by atoms with Gasteiger partial charge in [0.25, 0.3) is 0 Å². The molecule has 0 atom stereocenters. The Hall–Kier alpha value is -1.37. The van der Waals surface area contributed by atoms with Crippen LogP contribution in [0, 0.1) is 0 Å². The van der Waals surface area contributed by atoms with Crippen LogP contribution in [0.2, 0.25) is 5.02 Å². The van der Waals surface area contributed by atoms with Crippen LogP contribution in [0.25, 0.3) is 0 Å². The average molecular weight is 393 g/mol. The minimum absolute atomic E-state index is 0. The molecule has 25 heavy (non-hydrogen) atoms. The molecule has 8 heteroatoms. The summed E-state index contributed by atoms with van der Waals surface area (Å²) < 4.78 is 15.9. The standard InChI is InChI=1S/C17H25ClN2O4.ClH/c1-3-23-17(21)20-10-8-19(9-11-20)7-4-12-24-16-6-5-14(22-2)13-15(16)18;/h5-6,13H,3-4,7-12H2,1-2H3;1H. The molecule has 0 bridgehead atoms. The van der Waals surface area contributed by atoms with E-state index in [0.717, 1.165) is 26.1 Å². The number of carbonyl (C=O) groups is 1. The molecule has 1 saturated heterocycles. The molecule has 1 aromatic carbocycles. The smallest absolute Gasteiger partial charge is 0.409 e. The summed E-state index contributed by atoms with van der Waals surface area (Å²) >= 11 is 6.14. The van der Waals surface area contributed by atoms with Crippen LogP contribution in [0.15, 0.2) is 18.2 Å². The van der Waals surface area contributed by atoms with Gasteiger partial charge >= 0.3 is 6.09 Å². The van der Waals surface area contributed by atoms with E-state index in [1.165, 1.54) is 0 Å². The number of nitrogens with zero attached hydrogens (tertiary/aromatic N) is 2. The molecule has 1 aliphatic heterocycles. The molecule has 1 heterocycles. The van der Waals surface area contributed by atoms with Gasteiger partial charge < -0.3 is 19.1 Å². The fourth-order valence-electron chi connectivity index (χ4n) is 2.56. The Morgan fingerprint density at radius 3 is 2.56 bits per heavy atom. The number of rotatable bonds is 7. The van der Waals surface area contributed by atoms with Crippen molar-refractivity contribution in [2.24, 2.45) is 0 Å². The number of benzene rings is 1. The summed E-state index contributed by atoms with van der Waals surface area (Å²) in [4.78, 5) is 15.7. The lowest BCUT2D eigenvalue weighted by atomic mass is 10.3. The SMILES string of the molecule is CCOC(=O)N1CCN(CCCOc2ccc(OC)cc2Cl)CC1.Cl. The predicted octanol–water partition coefficient (Wildman–Crippen LogP) is 3.31. The molecular formula is C17H26Cl2N2O4. The van der Waals surface area contributed by atoms with Crippen molar-refractivity contribution in [3.8, 4) is 11.5 Å². The van der Waals surface area contributed by atoms with Gasteiger partial charge in [0.1, 0.15) is 11.5 Å². The quantitative estimate of drug-likeness (QED) is 0.666. The van der Waals surface area contributed by atoms with Crippen LogP contribution < -0.4 is 9.47 Å². The normalized spacial score (nSPS) is 14.6. The molecular weight excluding hydrogens is 367 g/mol. The lowest BCUT2D eigenvalue weighted by Gasteiger charge is -2.33. The Kier molecular flexibility index (Phi) is 9.78. The molecule has 1 aliphatic rings. The Morgan fingerprint density at radius 2 is 1.96 bits per heavy atom. The van der Waals surface area contributed by atoms with Crippen LogP contribution in [-0.2, 0) is 4.74 Å². The van der Waals surface area contributed by atoms with Gasteiger partial charge in [0.2, 0.25) is 0 Å². The molecule has 0 N–H and O–H groups in total. The van der Waals surface area contributed by atoms with Crippen molar-refractivity contribution in [2.75, 3.05) is 53.0 Å². The van der Waals surface area contributed by atoms with Crippen LogP contribution in [0.5, 0.6) is 11.5 Å². The molecule has 0 spiro atoms. The third-order valence-electron chi connectivity index (χ3n) is 3.91. The first-order valence-corrected chi connectivity index (χ1v) is 8.62. The zero-order valence-electron chi connectivity index (χ0n) is 14.7. The highest BCUT2D eigenvalue weighted by atomic mass is 35.5. The monoisotopic (exact) mass is 392 g/mol. The molecule has 6 nitrogen and oxygen atoms in total. The fourth-order valence-corrected chi connectivity index (χ4v) is 2.79. The van der Waals surface area contributed by atoms with Crippen molar-refractivity contribution in [2.45, 2.75) is 13.3 Å². The summed E-state index contributed by atoms with van der Waals surface area (Å²) in [5.74, 6) is 1.39. The molecule has 142 valence electrons. The van der Waals surface area contributed by atoms with Gasteiger partial charge in [-0.2, -0.15) is 0 Å². The number of methoxy groups -OCH3 is 1. The zero-order chi connectivity index (χ0) is 17.4. The van der Waals surface area contributed by atoms with Crippen LogP contribution in [0.4, 0.5) is 4.79 Å². The molecule has 0 aromatic heterocycles. The maximum Gasteiger partial charge on any atom is 0.409 e. The Labute approximate surface area is 160 Å². The minimum Gasteiger partial charge on any atom is -0.497 e. The highest BCUT2D eigenvalue weighted by Gasteiger charge is 2.21. The molecule has 1 amide bonds. The lowest BCUT2D eigenvalue weighted by molar-refractivity contribution is 0.0782. The van der Waals surface area contributed by atoms with E-state index in [2.05, 4.69) is 4.90 Å². The first-order valence-electron chi connectivity index (χ1n) is 8.24. The maximum absolute atomic E-state index is 11.6. The summed E-state index contributed by atoms with van der Waals surface area (Å²) in [5, 5.41) is 0.553. The summed E-state index contributed by atoms with van der Waals surface area (Å²) in [6, 6.07) is 5.39. The molecule has 0 radical (unpaired) electrons. The van der Waals surface area contributed by atoms with Crippen molar-refractivity contribution in [1.82, 2.24) is 9.80 Å². The van der Waals surface area contributed by atoms with Crippen molar-refractivity contribution < 1.29 is 19.0 Å². The van der Waals surface area contributed by atoms with Crippen LogP contribution in [-0.4, -0.2) is 68.9 Å². The zero-order valence-corrected chi connectivity index (χ0v) is 16.3. The van der Waals surface area contributed by atoms with E-state index in [1.54, 1.807) is 18.1 Å². The minimum atomic E-state index is -0.213. The van der Waals surface area contributed by atoms with Gasteiger partial charge in [-0.1, -0.05) is 11.6 Å². The second-order valence-corrected chi connectivity index (χ2v) is 5.93. The predicted molar refractivity (Wildman–Crippen MR) is 100 cm³/mol. The number of ether oxygens (including phenoxy) is 3. The van der Waals surface area contributed by atoms with Crippen molar-refractivity contribution >= 4 is 30.1 Å². The van der Waals surface area contributed by atoms with Crippen LogP contribution in [0.3, 0.4) is 0 Å². The van der Waals surface area contributed by atoms with E-state index < -0.39 is 0 Å². The number of hydrogen-bond donors (Lipinski definition) is 0. The second-order valence-electron chi connectivity index (χ2n) is 5.53. The van der Waals surface area contributed by atoms with Gasteiger partial charge in [0.05, 0.1) is 25.3 Å². The third-order valence-corrected chi connectivity index (χ3v) is 4.21. The Balaban J connectivity index is 0.00000312. The van der Waals surface area contributed by atoms with Gasteiger partial charge in [-0.05, 0) is 25.5 Å². The average Bonchev–Trinajstić information content (AvgIpc) is 2.60. The van der Waals surface area contributed by atoms with Crippen molar-refractivity contribution in [3.05, 3.63) is 23.2 Å². The van der Waals surface area contributed by atoms with E-state index in [9.17, 15) is 4.79 Å². The van der Waals surface area contributed by atoms with E-state index in [-0.39, 0.29) is 18.5 Å². The van der Waals surface area contributed by atoms with Crippen molar-refractivity contribution in [1.29, 1.82) is 0 Å². The van der Waals surface area contributed by atoms with Gasteiger partial charge in [-0.15, -0.1) is 12.4 Å². The number of amides is 1. The summed E-state index contributed by atoms with van der Waals surface area (Å²) in [7, 11) is 1.61. The van der Waals surface area contributed by atoms with E-state index in [4.69, 9.17) is 25.8 Å². The molecule has 0 aliphatic carbocycles. The number of hydrogen-bond acceptors (Lipinski definition) is 5. The number of carbonyl (C=O) groups excluding carboxylic acids is 1. The van der Waals surface area contributed by atoms with Crippen molar-refractivity contribution in [3.63, 3.8) is 0 Å². The fraction of sp³-hybridized carbons (Fsp3) is 0.588. The number of halogens is 2. The lowest BCUT2D eigenvalue weighted by Crippen LogP contribution is -2.49. The molecule has 2 rings (SSSR count). The molecule has 1 fully saturated rings. The maximum atomic E-state index is 11.6. The van der Waals surface area contributed by atoms with Gasteiger partial charge in [0.15, 0.2) is 0 Å². The third kappa shape index (κ3) is 6.80. The first kappa shape index (κ1) is 21.7. The van der Waals surface area contributed by atoms with Gasteiger partial charge in [-0.25, -0.2) is 4.79 Å². The van der Waals surface area contributed by atoms with Crippen LogP contribution >= 0.6 is 24.0 Å². The molecule has 0 saturated carbocycles. The van der Waals surface area contributed by atoms with Gasteiger partial charge in [-0.3, -0.25) is 4.90 Å². The Morgan fingerprint density at radius 1 is 1.24 bits per heavy atom. The van der Waals surface area contributed by atoms with E-state index in [1.807, 2.05) is 19.1 Å². The first-order chi connectivity index (χ1) is 11.6. The van der Waals surface area contributed by atoms with Gasteiger partial charge in [0, 0.05) is 38.8 Å². The molecule has 0 unspecified atom stereocenters. The van der Waals surface area contributed by atoms with E-state index >= 15 is 0 Å². The topological polar surface area (TPSA) is 51.2 Å². The molecule has 1 aromatic rings. The highest BCUT2D eigenvalue weighted by molar-refractivity contribution is 6.32. The van der Waals surface area contributed by atoms with Crippen LogP contribution in [0.1, 0.15) is 13.3 Å². The number of piperazine rings is 1. The largest absolute Gasteiger partial charge is 0.497 e. The highest BCUT2D eigenvalue weighted by Crippen LogP contribution is 2.28. The summed E-state index contributed by atoms with van der Waals surface area (Å²) in [6.07, 6.45) is 0.691. The summed E-state index contributed by atoms with van der Waals surface area (Å²) in [5.41, 5.74) is 0. The second kappa shape index (κ2) is 11.3. The summed E-state index contributed by atoms with van der Waals surface area (Å²) in [6.45, 7) is 6.93.